The highest BCUT2D eigenvalue weighted by Crippen LogP contribution is 2.37. The topological polar surface area (TPSA) is 35.0 Å². The maximum absolute atomic E-state index is 12.4. The molecule has 0 fully saturated rings. The Morgan fingerprint density at radius 1 is 1.10 bits per heavy atom. The van der Waals surface area contributed by atoms with Crippen molar-refractivity contribution in [1.82, 2.24) is 9.97 Å². The molecule has 0 saturated heterocycles. The second-order valence-corrected chi connectivity index (χ2v) is 4.15. The first-order valence-electron chi connectivity index (χ1n) is 5.30. The molecule has 0 aliphatic carbocycles. The molecule has 0 radical (unpaired) electrons. The number of aryl methyl sites for hydroxylation is 1. The van der Waals surface area contributed by atoms with Gasteiger partial charge in [-0.25, -0.2) is 4.98 Å². The Kier molecular flexibility index (Phi) is 4.73. The summed E-state index contributed by atoms with van der Waals surface area (Å²) in [6.07, 6.45) is -15.0. The Balaban J connectivity index is 3.21. The van der Waals surface area contributed by atoms with E-state index < -0.39 is 24.3 Å². The Bertz CT molecular complexity index is 474. The van der Waals surface area contributed by atoms with Crippen molar-refractivity contribution < 1.29 is 31.1 Å². The fraction of sp³-hybridized carbons (Fsp3) is 0.600. The molecule has 10 heteroatoms. The van der Waals surface area contributed by atoms with Gasteiger partial charge >= 0.3 is 12.4 Å². The van der Waals surface area contributed by atoms with Crippen molar-refractivity contribution in [2.24, 2.45) is 0 Å². The van der Waals surface area contributed by atoms with Gasteiger partial charge in [0, 0.05) is 12.0 Å². The van der Waals surface area contributed by atoms with Gasteiger partial charge < -0.3 is 4.74 Å². The summed E-state index contributed by atoms with van der Waals surface area (Å²) in [7, 11) is 0. The Hall–Kier alpha value is -1.25. The lowest BCUT2D eigenvalue weighted by atomic mass is 10.3. The van der Waals surface area contributed by atoms with Crippen molar-refractivity contribution in [1.29, 1.82) is 0 Å². The summed E-state index contributed by atoms with van der Waals surface area (Å²) in [4.78, 5) is 7.20. The highest BCUT2D eigenvalue weighted by molar-refractivity contribution is 6.30. The third kappa shape index (κ3) is 3.87. The lowest BCUT2D eigenvalue weighted by Gasteiger charge is -2.24. The first-order valence-corrected chi connectivity index (χ1v) is 5.67. The number of alkyl halides is 6. The molecule has 0 unspecified atom stereocenters. The highest BCUT2D eigenvalue weighted by atomic mass is 35.5. The molecule has 0 aliphatic heterocycles. The van der Waals surface area contributed by atoms with Crippen LogP contribution in [0.4, 0.5) is 26.3 Å². The smallest absolute Gasteiger partial charge is 0.434 e. The fourth-order valence-corrected chi connectivity index (χ4v) is 1.39. The van der Waals surface area contributed by atoms with Crippen molar-refractivity contribution in [2.45, 2.75) is 38.7 Å². The number of rotatable bonds is 3. The molecule has 3 nitrogen and oxygen atoms in total. The van der Waals surface area contributed by atoms with E-state index in [1.54, 1.807) is 6.92 Å². The van der Waals surface area contributed by atoms with Crippen LogP contribution >= 0.6 is 11.6 Å². The van der Waals surface area contributed by atoms with E-state index in [2.05, 4.69) is 14.7 Å². The van der Waals surface area contributed by atoms with Gasteiger partial charge in [0.15, 0.2) is 0 Å². The molecular weight excluding hydrogens is 314 g/mol. The van der Waals surface area contributed by atoms with Gasteiger partial charge in [-0.15, -0.1) is 0 Å². The van der Waals surface area contributed by atoms with Gasteiger partial charge in [-0.2, -0.15) is 31.3 Å². The maximum Gasteiger partial charge on any atom is 0.434 e. The number of hydrogen-bond donors (Lipinski definition) is 0. The van der Waals surface area contributed by atoms with Crippen LogP contribution in [0.1, 0.15) is 18.3 Å². The molecular formula is C10H9ClF6N2O. The molecule has 20 heavy (non-hydrogen) atoms. The quantitative estimate of drug-likeness (QED) is 0.626. The van der Waals surface area contributed by atoms with Crippen LogP contribution in [-0.2, 0) is 6.42 Å². The second kappa shape index (κ2) is 5.63. The van der Waals surface area contributed by atoms with E-state index in [-0.39, 0.29) is 23.0 Å². The molecule has 0 aliphatic rings. The largest absolute Gasteiger partial charge is 0.454 e. The van der Waals surface area contributed by atoms with E-state index in [9.17, 15) is 26.3 Å². The van der Waals surface area contributed by atoms with Gasteiger partial charge in [-0.1, -0.05) is 18.5 Å². The number of hydrogen-bond acceptors (Lipinski definition) is 3. The van der Waals surface area contributed by atoms with Gasteiger partial charge in [-0.05, 0) is 6.92 Å². The first-order chi connectivity index (χ1) is 8.96. The molecule has 0 aromatic carbocycles. The van der Waals surface area contributed by atoms with Crippen LogP contribution in [0.2, 0.25) is 5.15 Å². The van der Waals surface area contributed by atoms with Gasteiger partial charge in [0.05, 0.1) is 0 Å². The lowest BCUT2D eigenvalue weighted by Crippen LogP contribution is -2.46. The fourth-order valence-electron chi connectivity index (χ4n) is 1.22. The van der Waals surface area contributed by atoms with Gasteiger partial charge in [0.1, 0.15) is 11.0 Å². The minimum absolute atomic E-state index is 0.0151. The van der Waals surface area contributed by atoms with Crippen LogP contribution in [0, 0.1) is 6.92 Å². The SMILES string of the molecule is CCc1nc(Cl)c(C)c(OC(C(F)(F)F)C(F)(F)F)n1. The zero-order chi connectivity index (χ0) is 15.7. The van der Waals surface area contributed by atoms with Crippen LogP contribution in [-0.4, -0.2) is 28.4 Å². The molecule has 1 rings (SSSR count). The third-order valence-electron chi connectivity index (χ3n) is 2.23. The predicted octanol–water partition coefficient (Wildman–Crippen LogP) is 3.87. The van der Waals surface area contributed by atoms with Crippen LogP contribution < -0.4 is 4.74 Å². The highest BCUT2D eigenvalue weighted by Gasteiger charge is 2.59. The summed E-state index contributed by atoms with van der Waals surface area (Å²) in [6.45, 7) is 2.73. The molecule has 1 aromatic rings. The Labute approximate surface area is 114 Å². The molecule has 0 amide bonds. The minimum Gasteiger partial charge on any atom is -0.454 e. The summed E-state index contributed by atoms with van der Waals surface area (Å²) in [5, 5.41) is -0.255. The molecule has 114 valence electrons. The second-order valence-electron chi connectivity index (χ2n) is 3.80. The number of nitrogens with zero attached hydrogens (tertiary/aromatic N) is 2. The van der Waals surface area contributed by atoms with Gasteiger partial charge in [0.25, 0.3) is 6.10 Å². The zero-order valence-electron chi connectivity index (χ0n) is 10.2. The average molecular weight is 323 g/mol. The Morgan fingerprint density at radius 2 is 1.60 bits per heavy atom. The van der Waals surface area contributed by atoms with Crippen molar-refractivity contribution in [3.63, 3.8) is 0 Å². The zero-order valence-corrected chi connectivity index (χ0v) is 11.0. The summed E-state index contributed by atoms with van der Waals surface area (Å²) in [5.74, 6) is -0.847. The summed E-state index contributed by atoms with van der Waals surface area (Å²) >= 11 is 5.62. The molecule has 0 spiro atoms. The lowest BCUT2D eigenvalue weighted by molar-refractivity contribution is -0.300. The monoisotopic (exact) mass is 322 g/mol. The van der Waals surface area contributed by atoms with E-state index in [1.165, 1.54) is 6.92 Å². The van der Waals surface area contributed by atoms with Crippen LogP contribution in [0.15, 0.2) is 0 Å². The van der Waals surface area contributed by atoms with Crippen molar-refractivity contribution in [3.8, 4) is 5.88 Å². The minimum atomic E-state index is -5.62. The summed E-state index contributed by atoms with van der Waals surface area (Å²) in [5.41, 5.74) is -0.192. The van der Waals surface area contributed by atoms with E-state index in [0.29, 0.717) is 0 Å². The van der Waals surface area contributed by atoms with E-state index in [0.717, 1.165) is 0 Å². The molecule has 1 heterocycles. The van der Waals surface area contributed by atoms with Crippen LogP contribution in [0.25, 0.3) is 0 Å². The molecule has 1 aromatic heterocycles. The molecule has 0 N–H and O–H groups in total. The molecule has 0 atom stereocenters. The van der Waals surface area contributed by atoms with E-state index in [1.807, 2.05) is 0 Å². The standard InChI is InChI=1S/C10H9ClF6N2O/c1-3-5-18-6(11)4(2)7(19-5)20-8(9(12,13)14)10(15,16)17/h8H,3H2,1-2H3. The normalized spacial score (nSPS) is 12.9. The van der Waals surface area contributed by atoms with Crippen LogP contribution in [0.5, 0.6) is 5.88 Å². The van der Waals surface area contributed by atoms with Crippen molar-refractivity contribution in [3.05, 3.63) is 16.5 Å². The summed E-state index contributed by atoms with van der Waals surface area (Å²) < 4.78 is 78.4. The Morgan fingerprint density at radius 3 is 2.00 bits per heavy atom. The summed E-state index contributed by atoms with van der Waals surface area (Å²) in [6, 6.07) is 0. The van der Waals surface area contributed by atoms with Crippen LogP contribution in [0.3, 0.4) is 0 Å². The van der Waals surface area contributed by atoms with Gasteiger partial charge in [0.2, 0.25) is 5.88 Å². The average Bonchev–Trinajstić information content (AvgIpc) is 2.27. The van der Waals surface area contributed by atoms with Crippen molar-refractivity contribution >= 4 is 11.6 Å². The first kappa shape index (κ1) is 16.8. The maximum atomic E-state index is 12.4. The third-order valence-corrected chi connectivity index (χ3v) is 2.60. The van der Waals surface area contributed by atoms with Crippen molar-refractivity contribution in [2.75, 3.05) is 0 Å². The molecule has 0 saturated carbocycles. The predicted molar refractivity (Wildman–Crippen MR) is 57.7 cm³/mol. The van der Waals surface area contributed by atoms with E-state index >= 15 is 0 Å². The van der Waals surface area contributed by atoms with E-state index in [4.69, 9.17) is 11.6 Å². The number of aromatic nitrogens is 2. The number of ether oxygens (including phenoxy) is 1. The van der Waals surface area contributed by atoms with Gasteiger partial charge in [-0.3, -0.25) is 0 Å². The molecule has 0 bridgehead atoms. The number of halogens is 7.